The summed E-state index contributed by atoms with van der Waals surface area (Å²) in [6.45, 7) is 4.68. The number of carbonyl (C=O) groups excluding carboxylic acids is 1. The standard InChI is InChI=1S/C30H36N2O4/c1-21(2)12-17-25-20-32(28(33)18-22-8-4-3-5-9-22)30(36)31(25)19-23-13-15-24(16-14-23)26-10-6-7-11-27(26)29(34)35/h6-7,10-11,13-16,20-22H,3-5,8-9,12,17-19H2,1-2H3,(H,34,35). The molecule has 0 aliphatic heterocycles. The third-order valence-electron chi connectivity index (χ3n) is 7.26. The Hall–Kier alpha value is -3.41. The molecule has 0 saturated heterocycles. The van der Waals surface area contributed by atoms with Crippen molar-refractivity contribution in [1.82, 2.24) is 9.13 Å². The van der Waals surface area contributed by atoms with E-state index in [1.165, 1.54) is 23.8 Å². The normalized spacial score (nSPS) is 14.3. The van der Waals surface area contributed by atoms with Crippen LogP contribution in [0.25, 0.3) is 11.1 Å². The molecule has 3 aromatic rings. The predicted octanol–water partition coefficient (Wildman–Crippen LogP) is 6.26. The molecule has 0 radical (unpaired) electrons. The van der Waals surface area contributed by atoms with Gasteiger partial charge in [-0.1, -0.05) is 75.6 Å². The van der Waals surface area contributed by atoms with Gasteiger partial charge in [0.25, 0.3) is 0 Å². The van der Waals surface area contributed by atoms with Crippen LogP contribution in [0.5, 0.6) is 0 Å². The van der Waals surface area contributed by atoms with E-state index < -0.39 is 5.97 Å². The van der Waals surface area contributed by atoms with E-state index in [9.17, 15) is 19.5 Å². The molecule has 1 fully saturated rings. The maximum absolute atomic E-state index is 13.4. The molecule has 0 atom stereocenters. The number of aromatic carboxylic acids is 1. The zero-order valence-electron chi connectivity index (χ0n) is 21.3. The van der Waals surface area contributed by atoms with Crippen LogP contribution in [-0.4, -0.2) is 26.1 Å². The minimum Gasteiger partial charge on any atom is -0.478 e. The number of rotatable bonds is 9. The molecule has 0 unspecified atom stereocenters. The van der Waals surface area contributed by atoms with Crippen LogP contribution in [0.1, 0.15) is 85.2 Å². The highest BCUT2D eigenvalue weighted by molar-refractivity contribution is 5.96. The summed E-state index contributed by atoms with van der Waals surface area (Å²) in [6, 6.07) is 14.6. The summed E-state index contributed by atoms with van der Waals surface area (Å²) in [5.74, 6) is -0.197. The average molecular weight is 489 g/mol. The van der Waals surface area contributed by atoms with Gasteiger partial charge in [0, 0.05) is 18.3 Å². The second-order valence-corrected chi connectivity index (χ2v) is 10.4. The van der Waals surface area contributed by atoms with Gasteiger partial charge in [-0.15, -0.1) is 0 Å². The maximum Gasteiger partial charge on any atom is 0.336 e. The van der Waals surface area contributed by atoms with E-state index >= 15 is 0 Å². The van der Waals surface area contributed by atoms with E-state index in [2.05, 4.69) is 13.8 Å². The van der Waals surface area contributed by atoms with E-state index in [-0.39, 0.29) is 17.2 Å². The van der Waals surface area contributed by atoms with Crippen molar-refractivity contribution < 1.29 is 14.7 Å². The van der Waals surface area contributed by atoms with Gasteiger partial charge >= 0.3 is 11.7 Å². The van der Waals surface area contributed by atoms with Gasteiger partial charge in [-0.3, -0.25) is 9.36 Å². The third kappa shape index (κ3) is 6.04. The van der Waals surface area contributed by atoms with Gasteiger partial charge in [0.1, 0.15) is 0 Å². The lowest BCUT2D eigenvalue weighted by Crippen LogP contribution is -2.30. The fourth-order valence-corrected chi connectivity index (χ4v) is 5.14. The summed E-state index contributed by atoms with van der Waals surface area (Å²) in [6.07, 6.45) is 9.57. The maximum atomic E-state index is 13.4. The van der Waals surface area contributed by atoms with E-state index in [0.29, 0.717) is 30.4 Å². The number of imidazole rings is 1. The lowest BCUT2D eigenvalue weighted by Gasteiger charge is -2.20. The number of benzene rings is 2. The number of aryl methyl sites for hydroxylation is 1. The number of aromatic nitrogens is 2. The number of carboxylic acid groups (broad SMARTS) is 1. The Bertz CT molecular complexity index is 1260. The number of nitrogens with zero attached hydrogens (tertiary/aromatic N) is 2. The highest BCUT2D eigenvalue weighted by Crippen LogP contribution is 2.27. The fraction of sp³-hybridized carbons (Fsp3) is 0.433. The van der Waals surface area contributed by atoms with Crippen LogP contribution in [0.15, 0.2) is 59.5 Å². The Morgan fingerprint density at radius 2 is 1.69 bits per heavy atom. The molecule has 1 aromatic heterocycles. The van der Waals surface area contributed by atoms with Crippen molar-refractivity contribution in [2.75, 3.05) is 0 Å². The van der Waals surface area contributed by atoms with E-state index in [1.54, 1.807) is 29.0 Å². The molecular weight excluding hydrogens is 452 g/mol. The average Bonchev–Trinajstić information content (AvgIpc) is 3.19. The summed E-state index contributed by atoms with van der Waals surface area (Å²) in [7, 11) is 0. The molecule has 6 heteroatoms. The second-order valence-electron chi connectivity index (χ2n) is 10.4. The Kier molecular flexibility index (Phi) is 8.24. The van der Waals surface area contributed by atoms with Gasteiger partial charge in [0.15, 0.2) is 0 Å². The van der Waals surface area contributed by atoms with Gasteiger partial charge in [-0.25, -0.2) is 14.2 Å². The van der Waals surface area contributed by atoms with Crippen LogP contribution < -0.4 is 5.69 Å². The van der Waals surface area contributed by atoms with Gasteiger partial charge in [-0.05, 0) is 60.3 Å². The van der Waals surface area contributed by atoms with Crippen molar-refractivity contribution in [3.05, 3.63) is 82.0 Å². The summed E-state index contributed by atoms with van der Waals surface area (Å²) in [4.78, 5) is 38.1. The van der Waals surface area contributed by atoms with Gasteiger partial charge in [0.05, 0.1) is 12.1 Å². The smallest absolute Gasteiger partial charge is 0.336 e. The Morgan fingerprint density at radius 1 is 1.00 bits per heavy atom. The van der Waals surface area contributed by atoms with Crippen LogP contribution >= 0.6 is 0 Å². The van der Waals surface area contributed by atoms with Gasteiger partial charge in [-0.2, -0.15) is 0 Å². The fourth-order valence-electron chi connectivity index (χ4n) is 5.14. The molecule has 1 aliphatic rings. The molecule has 36 heavy (non-hydrogen) atoms. The first-order valence-electron chi connectivity index (χ1n) is 13.1. The summed E-state index contributed by atoms with van der Waals surface area (Å²) in [5.41, 5.74) is 3.26. The molecular formula is C30H36N2O4. The topological polar surface area (TPSA) is 81.3 Å². The number of carbonyl (C=O) groups is 2. The molecule has 0 spiro atoms. The van der Waals surface area contributed by atoms with Crippen molar-refractivity contribution in [2.24, 2.45) is 11.8 Å². The van der Waals surface area contributed by atoms with E-state index in [0.717, 1.165) is 42.5 Å². The molecule has 190 valence electrons. The Balaban J connectivity index is 1.59. The van der Waals surface area contributed by atoms with Crippen molar-refractivity contribution in [3.8, 4) is 11.1 Å². The molecule has 0 amide bonds. The van der Waals surface area contributed by atoms with Gasteiger partial charge < -0.3 is 5.11 Å². The highest BCUT2D eigenvalue weighted by Gasteiger charge is 2.22. The van der Waals surface area contributed by atoms with E-state index in [1.807, 2.05) is 30.3 Å². The minimum absolute atomic E-state index is 0.0999. The van der Waals surface area contributed by atoms with Crippen LogP contribution in [0.4, 0.5) is 0 Å². The summed E-state index contributed by atoms with van der Waals surface area (Å²) in [5, 5.41) is 9.51. The first-order valence-corrected chi connectivity index (χ1v) is 13.1. The highest BCUT2D eigenvalue weighted by atomic mass is 16.4. The lowest BCUT2D eigenvalue weighted by molar-refractivity contribution is 0.0697. The van der Waals surface area contributed by atoms with Crippen molar-refractivity contribution in [2.45, 2.75) is 71.8 Å². The van der Waals surface area contributed by atoms with Crippen LogP contribution in [0.3, 0.4) is 0 Å². The lowest BCUT2D eigenvalue weighted by atomic mass is 9.87. The van der Waals surface area contributed by atoms with Crippen molar-refractivity contribution in [3.63, 3.8) is 0 Å². The van der Waals surface area contributed by atoms with Gasteiger partial charge in [0.2, 0.25) is 5.91 Å². The minimum atomic E-state index is -0.963. The van der Waals surface area contributed by atoms with Crippen molar-refractivity contribution >= 4 is 11.9 Å². The Morgan fingerprint density at radius 3 is 2.36 bits per heavy atom. The third-order valence-corrected chi connectivity index (χ3v) is 7.26. The first-order chi connectivity index (χ1) is 17.3. The number of hydrogen-bond donors (Lipinski definition) is 1. The molecule has 0 bridgehead atoms. The first kappa shape index (κ1) is 25.7. The van der Waals surface area contributed by atoms with Crippen molar-refractivity contribution in [1.29, 1.82) is 0 Å². The van der Waals surface area contributed by atoms with Crippen LogP contribution in [-0.2, 0) is 13.0 Å². The number of carboxylic acids is 1. The molecule has 6 nitrogen and oxygen atoms in total. The molecule has 2 aromatic carbocycles. The molecule has 1 N–H and O–H groups in total. The van der Waals surface area contributed by atoms with Crippen LogP contribution in [0, 0.1) is 11.8 Å². The zero-order valence-corrected chi connectivity index (χ0v) is 21.3. The quantitative estimate of drug-likeness (QED) is 0.385. The largest absolute Gasteiger partial charge is 0.478 e. The molecule has 4 rings (SSSR count). The molecule has 1 aliphatic carbocycles. The molecule has 1 heterocycles. The van der Waals surface area contributed by atoms with E-state index in [4.69, 9.17) is 0 Å². The molecule has 1 saturated carbocycles. The summed E-state index contributed by atoms with van der Waals surface area (Å²) < 4.78 is 3.06. The monoisotopic (exact) mass is 488 g/mol. The predicted molar refractivity (Wildman–Crippen MR) is 142 cm³/mol. The Labute approximate surface area is 212 Å². The summed E-state index contributed by atoms with van der Waals surface area (Å²) >= 11 is 0. The van der Waals surface area contributed by atoms with Crippen LogP contribution in [0.2, 0.25) is 0 Å². The SMILES string of the molecule is CC(C)CCc1cn(C(=O)CC2CCCCC2)c(=O)n1Cc1ccc(-c2ccccc2C(=O)O)cc1. The zero-order chi connectivity index (χ0) is 25.7. The second kappa shape index (κ2) is 11.5. The number of hydrogen-bond acceptors (Lipinski definition) is 3.